The number of aromatic nitrogens is 3. The molecule has 2 aromatic heterocycles. The predicted molar refractivity (Wildman–Crippen MR) is 236 cm³/mol. The van der Waals surface area contributed by atoms with E-state index in [9.17, 15) is 5.11 Å². The summed E-state index contributed by atoms with van der Waals surface area (Å²) in [6.45, 7) is 18.2. The van der Waals surface area contributed by atoms with Crippen LogP contribution in [-0.2, 0) is 16.2 Å². The highest BCUT2D eigenvalue weighted by molar-refractivity contribution is 6.13. The number of benzene rings is 6. The van der Waals surface area contributed by atoms with Gasteiger partial charge in [0.05, 0.1) is 28.0 Å². The molecule has 0 aliphatic heterocycles. The molecule has 57 heavy (non-hydrogen) atoms. The molecular weight excluding hydrogens is 695 g/mol. The first kappa shape index (κ1) is 36.5. The summed E-state index contributed by atoms with van der Waals surface area (Å²) in [5, 5.41) is 14.5. The molecule has 4 heteroatoms. The average Bonchev–Trinajstić information content (AvgIpc) is 3.50. The van der Waals surface area contributed by atoms with Gasteiger partial charge in [0.15, 0.2) is 0 Å². The van der Waals surface area contributed by atoms with Crippen molar-refractivity contribution in [3.63, 3.8) is 0 Å². The molecule has 6 aromatic carbocycles. The Bertz CT molecular complexity index is 2810. The topological polar surface area (TPSA) is 58.9 Å². The molecule has 0 spiro atoms. The summed E-state index contributed by atoms with van der Waals surface area (Å²) in [4.78, 5) is 15.5. The van der Waals surface area contributed by atoms with Gasteiger partial charge in [-0.15, -0.1) is 0 Å². The summed E-state index contributed by atoms with van der Waals surface area (Å²) in [5.74, 6) is 0.555. The van der Waals surface area contributed by atoms with E-state index in [-0.39, 0.29) is 16.6 Å². The van der Waals surface area contributed by atoms with Crippen molar-refractivity contribution >= 4 is 21.7 Å². The lowest BCUT2D eigenvalue weighted by Crippen LogP contribution is -2.31. The third kappa shape index (κ3) is 5.84. The van der Waals surface area contributed by atoms with Crippen molar-refractivity contribution in [2.24, 2.45) is 0 Å². The van der Waals surface area contributed by atoms with Crippen LogP contribution in [0.4, 0.5) is 0 Å². The van der Waals surface area contributed by atoms with Gasteiger partial charge >= 0.3 is 0 Å². The van der Waals surface area contributed by atoms with Crippen LogP contribution in [0.2, 0.25) is 0 Å². The van der Waals surface area contributed by atoms with Crippen LogP contribution >= 0.6 is 0 Å². The molecule has 2 heterocycles. The number of pyridine rings is 1. The smallest absolute Gasteiger partial charge is 0.124 e. The monoisotopic (exact) mass is 743 g/mol. The molecule has 4 nitrogen and oxygen atoms in total. The van der Waals surface area contributed by atoms with E-state index in [1.165, 1.54) is 44.3 Å². The van der Waals surface area contributed by atoms with Gasteiger partial charge in [0, 0.05) is 16.5 Å². The largest absolute Gasteiger partial charge is 0.507 e. The lowest BCUT2D eigenvalue weighted by molar-refractivity contribution is 0.477. The summed E-state index contributed by atoms with van der Waals surface area (Å²) in [5.41, 5.74) is 14.0. The minimum atomic E-state index is -0.806. The molecule has 0 fully saturated rings. The number of para-hydroxylation sites is 1. The summed E-state index contributed by atoms with van der Waals surface area (Å²) >= 11 is 0. The number of hydrogen-bond donors (Lipinski definition) is 1. The van der Waals surface area contributed by atoms with Crippen LogP contribution in [0.1, 0.15) is 100 Å². The second-order valence-electron chi connectivity index (χ2n) is 18.1. The molecule has 0 amide bonds. The minimum absolute atomic E-state index is 0.0885. The molecular formula is C53H49N3O. The van der Waals surface area contributed by atoms with Gasteiger partial charge in [0.2, 0.25) is 0 Å². The van der Waals surface area contributed by atoms with Crippen molar-refractivity contribution in [3.05, 3.63) is 179 Å². The van der Waals surface area contributed by atoms with Gasteiger partial charge in [-0.05, 0) is 108 Å². The summed E-state index contributed by atoms with van der Waals surface area (Å²) in [6, 6.07) is 47.7. The third-order valence-electron chi connectivity index (χ3n) is 12.0. The van der Waals surface area contributed by atoms with Crippen LogP contribution in [0, 0.1) is 0 Å². The van der Waals surface area contributed by atoms with Crippen molar-refractivity contribution in [3.8, 4) is 39.4 Å². The minimum Gasteiger partial charge on any atom is -0.507 e. The maximum Gasteiger partial charge on any atom is 0.124 e. The Morgan fingerprint density at radius 2 is 1.21 bits per heavy atom. The Balaban J connectivity index is 1.40. The molecule has 0 saturated heterocycles. The van der Waals surface area contributed by atoms with E-state index in [0.29, 0.717) is 11.5 Å². The summed E-state index contributed by atoms with van der Waals surface area (Å²) in [6.07, 6.45) is 1.71. The second-order valence-corrected chi connectivity index (χ2v) is 18.1. The standard InChI is InChI=1S/C53H49N3O/c1-32(2)42-30-46-49(40-18-10-9-17-37(40)42)50(55-31-54-46)33-15-13-16-36(27-33)53(48-22-14-20-45(56-48)41-19-11-12-21-47(41)57)43-28-34(51(3,4)5)23-25-38(43)39-26-24-35(29-44(39)53)52(6,7)8/h9-32,57H,1-8H3. The van der Waals surface area contributed by atoms with E-state index in [1.54, 1.807) is 12.4 Å². The highest BCUT2D eigenvalue weighted by Gasteiger charge is 2.48. The first-order chi connectivity index (χ1) is 27.3. The normalized spacial score (nSPS) is 13.6. The van der Waals surface area contributed by atoms with Crippen molar-refractivity contribution in [2.75, 3.05) is 0 Å². The molecule has 0 saturated carbocycles. The van der Waals surface area contributed by atoms with Gasteiger partial charge in [-0.3, -0.25) is 4.98 Å². The highest BCUT2D eigenvalue weighted by atomic mass is 16.3. The highest BCUT2D eigenvalue weighted by Crippen LogP contribution is 2.57. The van der Waals surface area contributed by atoms with Crippen molar-refractivity contribution in [1.82, 2.24) is 15.0 Å². The van der Waals surface area contributed by atoms with Crippen LogP contribution < -0.4 is 0 Å². The van der Waals surface area contributed by atoms with Crippen molar-refractivity contribution in [2.45, 2.75) is 77.6 Å². The summed E-state index contributed by atoms with van der Waals surface area (Å²) in [7, 11) is 0. The number of rotatable bonds is 5. The number of nitrogens with zero attached hydrogens (tertiary/aromatic N) is 3. The van der Waals surface area contributed by atoms with Gasteiger partial charge in [0.1, 0.15) is 12.1 Å². The number of fused-ring (bicyclic) bond motifs is 6. The zero-order chi connectivity index (χ0) is 39.9. The van der Waals surface area contributed by atoms with Crippen molar-refractivity contribution in [1.29, 1.82) is 0 Å². The first-order valence-electron chi connectivity index (χ1n) is 20.1. The predicted octanol–water partition coefficient (Wildman–Crippen LogP) is 13.3. The van der Waals surface area contributed by atoms with Crippen LogP contribution in [-0.4, -0.2) is 20.1 Å². The van der Waals surface area contributed by atoms with Gasteiger partial charge in [0.25, 0.3) is 0 Å². The fourth-order valence-electron chi connectivity index (χ4n) is 9.02. The third-order valence-corrected chi connectivity index (χ3v) is 12.0. The summed E-state index contributed by atoms with van der Waals surface area (Å²) < 4.78 is 0. The lowest BCUT2D eigenvalue weighted by Gasteiger charge is -2.35. The molecule has 0 bridgehead atoms. The zero-order valence-corrected chi connectivity index (χ0v) is 34.1. The fourth-order valence-corrected chi connectivity index (χ4v) is 9.02. The van der Waals surface area contributed by atoms with Crippen LogP contribution in [0.25, 0.3) is 55.3 Å². The Hall–Kier alpha value is -6.13. The van der Waals surface area contributed by atoms with Gasteiger partial charge in [-0.25, -0.2) is 9.97 Å². The molecule has 0 radical (unpaired) electrons. The molecule has 1 aliphatic rings. The van der Waals surface area contributed by atoms with Crippen LogP contribution in [0.3, 0.4) is 0 Å². The quantitative estimate of drug-likeness (QED) is 0.178. The van der Waals surface area contributed by atoms with E-state index in [0.717, 1.165) is 44.5 Å². The number of phenols is 1. The van der Waals surface area contributed by atoms with Crippen LogP contribution in [0.15, 0.2) is 140 Å². The maximum absolute atomic E-state index is 11.1. The Morgan fingerprint density at radius 1 is 0.579 bits per heavy atom. The maximum atomic E-state index is 11.1. The Labute approximate surface area is 336 Å². The van der Waals surface area contributed by atoms with Crippen molar-refractivity contribution < 1.29 is 5.11 Å². The van der Waals surface area contributed by atoms with E-state index >= 15 is 0 Å². The van der Waals surface area contributed by atoms with E-state index in [1.807, 2.05) is 24.3 Å². The number of phenolic OH excluding ortho intramolecular Hbond substituents is 1. The molecule has 1 N–H and O–H groups in total. The lowest BCUT2D eigenvalue weighted by atomic mass is 9.67. The number of aromatic hydroxyl groups is 1. The number of hydrogen-bond acceptors (Lipinski definition) is 4. The van der Waals surface area contributed by atoms with E-state index < -0.39 is 5.41 Å². The Morgan fingerprint density at radius 3 is 1.86 bits per heavy atom. The molecule has 282 valence electrons. The molecule has 8 aromatic rings. The van der Waals surface area contributed by atoms with Gasteiger partial charge < -0.3 is 5.11 Å². The molecule has 0 unspecified atom stereocenters. The average molecular weight is 744 g/mol. The molecule has 1 aliphatic carbocycles. The molecule has 9 rings (SSSR count). The van der Waals surface area contributed by atoms with E-state index in [2.05, 4.69) is 159 Å². The second kappa shape index (κ2) is 13.2. The molecule has 0 atom stereocenters. The zero-order valence-electron chi connectivity index (χ0n) is 34.1. The van der Waals surface area contributed by atoms with Gasteiger partial charge in [-0.1, -0.05) is 152 Å². The first-order valence-corrected chi connectivity index (χ1v) is 20.1. The van der Waals surface area contributed by atoms with Crippen LogP contribution in [0.5, 0.6) is 5.75 Å². The Kier molecular flexibility index (Phi) is 8.48. The SMILES string of the molecule is CC(C)c1cc2ncnc(-c3cccc(C4(c5cccc(-c6ccccc6O)n5)c5cc(C(C)(C)C)ccc5-c5ccc(C(C)(C)C)cc54)c3)c2c2ccccc12. The fraction of sp³-hybridized carbons (Fsp3) is 0.226. The van der Waals surface area contributed by atoms with E-state index in [4.69, 9.17) is 15.0 Å². The van der Waals surface area contributed by atoms with Gasteiger partial charge in [-0.2, -0.15) is 0 Å².